The lowest BCUT2D eigenvalue weighted by atomic mass is 10.1. The van der Waals surface area contributed by atoms with Crippen LogP contribution in [0.2, 0.25) is 0 Å². The molecule has 0 N–H and O–H groups in total. The highest BCUT2D eigenvalue weighted by molar-refractivity contribution is 7.81. The molecular formula is C27H40N6O3S. The lowest BCUT2D eigenvalue weighted by molar-refractivity contribution is 0.121. The van der Waals surface area contributed by atoms with Crippen LogP contribution in [0.1, 0.15) is 30.9 Å². The third-order valence-electron chi connectivity index (χ3n) is 7.59. The highest BCUT2D eigenvalue weighted by atomic mass is 32.2. The molecule has 3 aliphatic rings. The van der Waals surface area contributed by atoms with Crippen LogP contribution >= 0.6 is 0 Å². The fourth-order valence-corrected chi connectivity index (χ4v) is 5.94. The van der Waals surface area contributed by atoms with Gasteiger partial charge in [0.15, 0.2) is 0 Å². The van der Waals surface area contributed by atoms with Gasteiger partial charge in [0, 0.05) is 90.4 Å². The van der Waals surface area contributed by atoms with Crippen molar-refractivity contribution in [3.05, 3.63) is 41.7 Å². The van der Waals surface area contributed by atoms with Crippen LogP contribution in [0.15, 0.2) is 30.6 Å². The van der Waals surface area contributed by atoms with Crippen molar-refractivity contribution in [2.75, 3.05) is 81.6 Å². The van der Waals surface area contributed by atoms with Crippen LogP contribution in [0.3, 0.4) is 0 Å². The zero-order chi connectivity index (χ0) is 25.6. The van der Waals surface area contributed by atoms with Gasteiger partial charge >= 0.3 is 0 Å². The molecule has 0 bridgehead atoms. The highest BCUT2D eigenvalue weighted by Crippen LogP contribution is 2.33. The smallest absolute Gasteiger partial charge is 0.225 e. The van der Waals surface area contributed by atoms with Crippen molar-refractivity contribution >= 4 is 22.6 Å². The number of hydrogen-bond donors (Lipinski definition) is 0. The molecule has 10 heteroatoms. The standard InChI is InChI=1S/C27H40N6O3S/c1-3-22-19-28-27(29-20-22)32-8-6-24(7-9-32)36-26-5-4-23(18-25(26)31-14-16-35-17-15-31)21-30-10-12-33(13-11-30)37(2)34/h4-5,18-20,24H,3,6-17,21H2,1-2H3. The van der Waals surface area contributed by atoms with Crippen LogP contribution in [0.25, 0.3) is 0 Å². The van der Waals surface area contributed by atoms with Gasteiger partial charge in [-0.05, 0) is 29.7 Å². The summed E-state index contributed by atoms with van der Waals surface area (Å²) in [6, 6.07) is 6.68. The molecule has 1 atom stereocenters. The maximum atomic E-state index is 11.8. The number of morpholine rings is 1. The maximum absolute atomic E-state index is 11.8. The van der Waals surface area contributed by atoms with Gasteiger partial charge in [-0.1, -0.05) is 13.0 Å². The van der Waals surface area contributed by atoms with Gasteiger partial charge in [-0.15, -0.1) is 0 Å². The number of rotatable bonds is 8. The lowest BCUT2D eigenvalue weighted by Gasteiger charge is -2.35. The number of aryl methyl sites for hydroxylation is 1. The molecule has 1 aromatic carbocycles. The molecule has 37 heavy (non-hydrogen) atoms. The first-order valence-electron chi connectivity index (χ1n) is 13.6. The average Bonchev–Trinajstić information content (AvgIpc) is 2.95. The first-order chi connectivity index (χ1) is 18.1. The van der Waals surface area contributed by atoms with E-state index >= 15 is 0 Å². The number of piperidine rings is 1. The Morgan fingerprint density at radius 2 is 1.65 bits per heavy atom. The van der Waals surface area contributed by atoms with Gasteiger partial charge in [-0.25, -0.2) is 18.5 Å². The molecule has 1 aromatic heterocycles. The summed E-state index contributed by atoms with van der Waals surface area (Å²) in [5.41, 5.74) is 3.64. The summed E-state index contributed by atoms with van der Waals surface area (Å²) in [5, 5.41) is 0. The molecule has 3 aliphatic heterocycles. The minimum atomic E-state index is -0.881. The predicted octanol–water partition coefficient (Wildman–Crippen LogP) is 2.33. The van der Waals surface area contributed by atoms with Gasteiger partial charge in [0.05, 0.1) is 29.9 Å². The van der Waals surface area contributed by atoms with Gasteiger partial charge in [0.1, 0.15) is 11.9 Å². The SMILES string of the molecule is CCc1cnc(N2CCC(Oc3ccc(CN4CCN(S(C)=O)CC4)cc3N3CCOCC3)CC2)nc1. The minimum Gasteiger partial charge on any atom is -0.488 e. The van der Waals surface area contributed by atoms with Gasteiger partial charge in [0.25, 0.3) is 0 Å². The number of anilines is 2. The minimum absolute atomic E-state index is 0.180. The molecule has 9 nitrogen and oxygen atoms in total. The van der Waals surface area contributed by atoms with Gasteiger partial charge < -0.3 is 19.3 Å². The number of piperazine rings is 1. The van der Waals surface area contributed by atoms with Crippen LogP contribution in [0.5, 0.6) is 5.75 Å². The quantitative estimate of drug-likeness (QED) is 0.517. The number of ether oxygens (including phenoxy) is 2. The van der Waals surface area contributed by atoms with Crippen molar-refractivity contribution in [3.8, 4) is 5.75 Å². The van der Waals surface area contributed by atoms with Gasteiger partial charge in [0.2, 0.25) is 5.95 Å². The second-order valence-electron chi connectivity index (χ2n) is 10.1. The van der Waals surface area contributed by atoms with Gasteiger partial charge in [-0.2, -0.15) is 0 Å². The summed E-state index contributed by atoms with van der Waals surface area (Å²) < 4.78 is 26.1. The molecular weight excluding hydrogens is 488 g/mol. The number of nitrogens with zero attached hydrogens (tertiary/aromatic N) is 6. The van der Waals surface area contributed by atoms with E-state index in [1.165, 1.54) is 16.8 Å². The fourth-order valence-electron chi connectivity index (χ4n) is 5.26. The van der Waals surface area contributed by atoms with Crippen molar-refractivity contribution in [3.63, 3.8) is 0 Å². The molecule has 1 unspecified atom stereocenters. The molecule has 2 aromatic rings. The lowest BCUT2D eigenvalue weighted by Crippen LogP contribution is -2.46. The molecule has 0 amide bonds. The van der Waals surface area contributed by atoms with E-state index in [0.29, 0.717) is 0 Å². The van der Waals surface area contributed by atoms with Crippen LogP contribution in [0, 0.1) is 0 Å². The summed E-state index contributed by atoms with van der Waals surface area (Å²) in [6.07, 6.45) is 8.68. The zero-order valence-corrected chi connectivity index (χ0v) is 23.0. The van der Waals surface area contributed by atoms with E-state index in [1.807, 2.05) is 16.7 Å². The Balaban J connectivity index is 1.23. The molecule has 4 heterocycles. The van der Waals surface area contributed by atoms with Gasteiger partial charge in [-0.3, -0.25) is 4.90 Å². The van der Waals surface area contributed by atoms with Crippen LogP contribution in [0.4, 0.5) is 11.6 Å². The van der Waals surface area contributed by atoms with Crippen molar-refractivity contribution in [1.29, 1.82) is 0 Å². The van der Waals surface area contributed by atoms with E-state index in [-0.39, 0.29) is 6.10 Å². The number of benzene rings is 1. The zero-order valence-electron chi connectivity index (χ0n) is 22.2. The second kappa shape index (κ2) is 12.5. The molecule has 3 fully saturated rings. The van der Waals surface area contributed by atoms with Crippen molar-refractivity contribution in [2.24, 2.45) is 0 Å². The van der Waals surface area contributed by atoms with Crippen LogP contribution < -0.4 is 14.5 Å². The Labute approximate surface area is 223 Å². The van der Waals surface area contributed by atoms with E-state index in [9.17, 15) is 4.21 Å². The summed E-state index contributed by atoms with van der Waals surface area (Å²) >= 11 is 0. The van der Waals surface area contributed by atoms with E-state index in [0.717, 1.165) is 103 Å². The normalized spacial score (nSPS) is 21.2. The van der Waals surface area contributed by atoms with E-state index in [2.05, 4.69) is 49.8 Å². The summed E-state index contributed by atoms with van der Waals surface area (Å²) in [6.45, 7) is 11.7. The van der Waals surface area contributed by atoms with Crippen molar-refractivity contribution in [2.45, 2.75) is 38.8 Å². The molecule has 202 valence electrons. The summed E-state index contributed by atoms with van der Waals surface area (Å²) in [5.74, 6) is 1.79. The Kier molecular flexibility index (Phi) is 8.91. The Morgan fingerprint density at radius 1 is 0.946 bits per heavy atom. The number of aromatic nitrogens is 2. The monoisotopic (exact) mass is 528 g/mol. The molecule has 0 radical (unpaired) electrons. The Morgan fingerprint density at radius 3 is 2.30 bits per heavy atom. The van der Waals surface area contributed by atoms with Crippen LogP contribution in [-0.4, -0.2) is 101 Å². The summed E-state index contributed by atoms with van der Waals surface area (Å²) in [4.78, 5) is 16.2. The topological polar surface area (TPSA) is 74.3 Å². The van der Waals surface area contributed by atoms with Crippen molar-refractivity contribution in [1.82, 2.24) is 19.2 Å². The van der Waals surface area contributed by atoms with Crippen molar-refractivity contribution < 1.29 is 13.7 Å². The van der Waals surface area contributed by atoms with Crippen LogP contribution in [-0.2, 0) is 28.7 Å². The fraction of sp³-hybridized carbons (Fsp3) is 0.630. The first-order valence-corrected chi connectivity index (χ1v) is 15.1. The van der Waals surface area contributed by atoms with E-state index in [4.69, 9.17) is 9.47 Å². The molecule has 0 saturated carbocycles. The Bertz CT molecular complexity index is 1030. The molecule has 0 spiro atoms. The largest absolute Gasteiger partial charge is 0.488 e. The number of hydrogen-bond acceptors (Lipinski definition) is 8. The maximum Gasteiger partial charge on any atom is 0.225 e. The highest BCUT2D eigenvalue weighted by Gasteiger charge is 2.25. The second-order valence-corrected chi connectivity index (χ2v) is 11.4. The molecule has 3 saturated heterocycles. The first kappa shape index (κ1) is 26.3. The summed E-state index contributed by atoms with van der Waals surface area (Å²) in [7, 11) is -0.881. The Hall–Kier alpha value is -2.27. The van der Waals surface area contributed by atoms with E-state index < -0.39 is 11.0 Å². The predicted molar refractivity (Wildman–Crippen MR) is 148 cm³/mol. The molecule has 5 rings (SSSR count). The third kappa shape index (κ3) is 6.79. The average molecular weight is 529 g/mol. The molecule has 0 aliphatic carbocycles. The third-order valence-corrected chi connectivity index (χ3v) is 8.69. The van der Waals surface area contributed by atoms with E-state index in [1.54, 1.807) is 6.26 Å².